The number of oxazole rings is 1. The van der Waals surface area contributed by atoms with Crippen LogP contribution in [-0.4, -0.2) is 24.0 Å². The van der Waals surface area contributed by atoms with Crippen LogP contribution in [-0.2, 0) is 4.79 Å². The van der Waals surface area contributed by atoms with Crippen LogP contribution in [0.2, 0.25) is 0 Å². The number of hydrogen-bond donors (Lipinski definition) is 2. The molecule has 5 nitrogen and oxygen atoms in total. The topological polar surface area (TPSA) is 67.2 Å². The molecule has 0 aliphatic rings. The highest BCUT2D eigenvalue weighted by Crippen LogP contribution is 2.19. The monoisotopic (exact) mass is 233 g/mol. The quantitative estimate of drug-likeness (QED) is 0.846. The number of carbonyl (C=O) groups excluding carboxylic acids is 1. The van der Waals surface area contributed by atoms with E-state index >= 15 is 0 Å². The number of hydrogen-bond acceptors (Lipinski definition) is 4. The first-order valence-corrected chi connectivity index (χ1v) is 5.45. The standard InChI is InChI=1S/C12H15N3O2/c1-7(13-3)12(16)15-9-4-5-10-11(6-9)17-8(2)14-10/h4-7,13H,1-3H3,(H,15,16). The zero-order valence-electron chi connectivity index (χ0n) is 10.1. The van der Waals surface area contributed by atoms with Crippen molar-refractivity contribution in [1.82, 2.24) is 10.3 Å². The van der Waals surface area contributed by atoms with Crippen LogP contribution in [0.4, 0.5) is 5.69 Å². The summed E-state index contributed by atoms with van der Waals surface area (Å²) in [5.74, 6) is 0.537. The molecule has 2 N–H and O–H groups in total. The summed E-state index contributed by atoms with van der Waals surface area (Å²) in [6.07, 6.45) is 0. The van der Waals surface area contributed by atoms with Gasteiger partial charge in [-0.1, -0.05) is 0 Å². The summed E-state index contributed by atoms with van der Waals surface area (Å²) >= 11 is 0. The molecule has 0 radical (unpaired) electrons. The minimum absolute atomic E-state index is 0.0805. The Hall–Kier alpha value is -1.88. The number of likely N-dealkylation sites (N-methyl/N-ethyl adjacent to an activating group) is 1. The van der Waals surface area contributed by atoms with E-state index in [4.69, 9.17) is 4.42 Å². The summed E-state index contributed by atoms with van der Waals surface area (Å²) < 4.78 is 5.40. The van der Waals surface area contributed by atoms with Crippen molar-refractivity contribution in [3.63, 3.8) is 0 Å². The molecule has 1 heterocycles. The number of anilines is 1. The van der Waals surface area contributed by atoms with Gasteiger partial charge in [0.2, 0.25) is 5.91 Å². The summed E-state index contributed by atoms with van der Waals surface area (Å²) in [4.78, 5) is 15.9. The van der Waals surface area contributed by atoms with Gasteiger partial charge in [0.15, 0.2) is 11.5 Å². The number of rotatable bonds is 3. The van der Waals surface area contributed by atoms with Crippen LogP contribution < -0.4 is 10.6 Å². The molecule has 17 heavy (non-hydrogen) atoms. The second kappa shape index (κ2) is 4.55. The average Bonchev–Trinajstić information content (AvgIpc) is 2.67. The molecule has 0 fully saturated rings. The molecule has 2 rings (SSSR count). The van der Waals surface area contributed by atoms with Crippen molar-refractivity contribution in [3.8, 4) is 0 Å². The van der Waals surface area contributed by atoms with E-state index in [1.54, 1.807) is 27.0 Å². The average molecular weight is 233 g/mol. The number of benzene rings is 1. The van der Waals surface area contributed by atoms with Crippen molar-refractivity contribution in [2.24, 2.45) is 0 Å². The molecule has 5 heteroatoms. The smallest absolute Gasteiger partial charge is 0.241 e. The molecular formula is C12H15N3O2. The van der Waals surface area contributed by atoms with Crippen LogP contribution in [0, 0.1) is 6.92 Å². The predicted octanol–water partition coefficient (Wildman–Crippen LogP) is 1.68. The third kappa shape index (κ3) is 2.45. The van der Waals surface area contributed by atoms with Gasteiger partial charge in [-0.2, -0.15) is 0 Å². The molecule has 0 saturated carbocycles. The van der Waals surface area contributed by atoms with Crippen LogP contribution >= 0.6 is 0 Å². The van der Waals surface area contributed by atoms with E-state index in [0.717, 1.165) is 5.52 Å². The lowest BCUT2D eigenvalue weighted by atomic mass is 10.2. The van der Waals surface area contributed by atoms with E-state index in [9.17, 15) is 4.79 Å². The van der Waals surface area contributed by atoms with E-state index in [1.807, 2.05) is 12.1 Å². The molecule has 0 saturated heterocycles. The van der Waals surface area contributed by atoms with Crippen LogP contribution in [0.1, 0.15) is 12.8 Å². The Balaban J connectivity index is 2.22. The second-order valence-corrected chi connectivity index (χ2v) is 3.92. The van der Waals surface area contributed by atoms with Gasteiger partial charge < -0.3 is 15.1 Å². The van der Waals surface area contributed by atoms with Gasteiger partial charge in [0.25, 0.3) is 0 Å². The van der Waals surface area contributed by atoms with Gasteiger partial charge in [0.05, 0.1) is 6.04 Å². The van der Waals surface area contributed by atoms with Crippen LogP contribution in [0.25, 0.3) is 11.1 Å². The van der Waals surface area contributed by atoms with Crippen LogP contribution in [0.15, 0.2) is 22.6 Å². The Morgan fingerprint density at radius 1 is 1.47 bits per heavy atom. The zero-order valence-corrected chi connectivity index (χ0v) is 10.1. The molecule has 1 atom stereocenters. The lowest BCUT2D eigenvalue weighted by molar-refractivity contribution is -0.117. The van der Waals surface area contributed by atoms with Gasteiger partial charge in [-0.15, -0.1) is 0 Å². The molecule has 0 aliphatic carbocycles. The molecule has 90 valence electrons. The maximum absolute atomic E-state index is 11.7. The van der Waals surface area contributed by atoms with Crippen molar-refractivity contribution in [2.45, 2.75) is 19.9 Å². The zero-order chi connectivity index (χ0) is 12.4. The largest absolute Gasteiger partial charge is 0.441 e. The first kappa shape index (κ1) is 11.6. The molecular weight excluding hydrogens is 218 g/mol. The Labute approximate surface area is 99.2 Å². The summed E-state index contributed by atoms with van der Waals surface area (Å²) in [7, 11) is 1.74. The Bertz CT molecular complexity index is 548. The van der Waals surface area contributed by atoms with Gasteiger partial charge in [-0.05, 0) is 26.1 Å². The van der Waals surface area contributed by atoms with Crippen LogP contribution in [0.5, 0.6) is 0 Å². The molecule has 1 amide bonds. The van der Waals surface area contributed by atoms with Crippen molar-refractivity contribution in [2.75, 3.05) is 12.4 Å². The Morgan fingerprint density at radius 3 is 2.94 bits per heavy atom. The first-order chi connectivity index (χ1) is 8.10. The van der Waals surface area contributed by atoms with Crippen molar-refractivity contribution in [1.29, 1.82) is 0 Å². The number of fused-ring (bicyclic) bond motifs is 1. The number of amides is 1. The van der Waals surface area contributed by atoms with Gasteiger partial charge in [-0.25, -0.2) is 4.98 Å². The SMILES string of the molecule is CNC(C)C(=O)Nc1ccc2nc(C)oc2c1. The van der Waals surface area contributed by atoms with E-state index in [-0.39, 0.29) is 11.9 Å². The predicted molar refractivity (Wildman–Crippen MR) is 65.9 cm³/mol. The Kier molecular flexibility index (Phi) is 3.10. The van der Waals surface area contributed by atoms with Crippen LogP contribution in [0.3, 0.4) is 0 Å². The lowest BCUT2D eigenvalue weighted by Crippen LogP contribution is -2.35. The van der Waals surface area contributed by atoms with Gasteiger partial charge in [0, 0.05) is 18.7 Å². The van der Waals surface area contributed by atoms with E-state index < -0.39 is 0 Å². The molecule has 2 aromatic rings. The molecule has 1 unspecified atom stereocenters. The molecule has 0 bridgehead atoms. The number of carbonyl (C=O) groups is 1. The van der Waals surface area contributed by atoms with E-state index in [1.165, 1.54) is 0 Å². The molecule has 0 spiro atoms. The highest BCUT2D eigenvalue weighted by molar-refractivity contribution is 5.95. The fourth-order valence-corrected chi connectivity index (χ4v) is 1.50. The fourth-order valence-electron chi connectivity index (χ4n) is 1.50. The summed E-state index contributed by atoms with van der Waals surface area (Å²) in [5, 5.41) is 5.68. The fraction of sp³-hybridized carbons (Fsp3) is 0.333. The maximum atomic E-state index is 11.7. The highest BCUT2D eigenvalue weighted by Gasteiger charge is 2.11. The number of nitrogens with zero attached hydrogens (tertiary/aromatic N) is 1. The molecule has 1 aromatic heterocycles. The molecule has 0 aliphatic heterocycles. The van der Waals surface area contributed by atoms with E-state index in [2.05, 4.69) is 15.6 Å². The number of nitrogens with one attached hydrogen (secondary N) is 2. The lowest BCUT2D eigenvalue weighted by Gasteiger charge is -2.10. The first-order valence-electron chi connectivity index (χ1n) is 5.45. The third-order valence-corrected chi connectivity index (χ3v) is 2.59. The Morgan fingerprint density at radius 2 is 2.24 bits per heavy atom. The normalized spacial score (nSPS) is 12.6. The molecule has 1 aromatic carbocycles. The van der Waals surface area contributed by atoms with E-state index in [0.29, 0.717) is 17.2 Å². The maximum Gasteiger partial charge on any atom is 0.241 e. The highest BCUT2D eigenvalue weighted by atomic mass is 16.3. The summed E-state index contributed by atoms with van der Waals surface area (Å²) in [5.41, 5.74) is 2.18. The second-order valence-electron chi connectivity index (χ2n) is 3.92. The minimum atomic E-state index is -0.234. The van der Waals surface area contributed by atoms with Gasteiger partial charge >= 0.3 is 0 Å². The number of aromatic nitrogens is 1. The van der Waals surface area contributed by atoms with Crippen molar-refractivity contribution >= 4 is 22.7 Å². The third-order valence-electron chi connectivity index (χ3n) is 2.59. The van der Waals surface area contributed by atoms with Gasteiger partial charge in [0.1, 0.15) is 5.52 Å². The summed E-state index contributed by atoms with van der Waals surface area (Å²) in [6.45, 7) is 3.59. The van der Waals surface area contributed by atoms with Crippen molar-refractivity contribution < 1.29 is 9.21 Å². The minimum Gasteiger partial charge on any atom is -0.441 e. The van der Waals surface area contributed by atoms with Crippen molar-refractivity contribution in [3.05, 3.63) is 24.1 Å². The number of aryl methyl sites for hydroxylation is 1. The van der Waals surface area contributed by atoms with Gasteiger partial charge in [-0.3, -0.25) is 4.79 Å². The summed E-state index contributed by atoms with van der Waals surface area (Å²) in [6, 6.07) is 5.17.